The monoisotopic (exact) mass is 351 g/mol. The second-order valence-electron chi connectivity index (χ2n) is 6.41. The van der Waals surface area contributed by atoms with Crippen molar-refractivity contribution in [3.05, 3.63) is 65.2 Å². The van der Waals surface area contributed by atoms with Crippen LogP contribution >= 0.6 is 0 Å². The molecule has 5 heteroatoms. The zero-order valence-electron chi connectivity index (χ0n) is 14.9. The Bertz CT molecular complexity index is 841. The van der Waals surface area contributed by atoms with E-state index in [-0.39, 0.29) is 12.3 Å². The third-order valence-corrected chi connectivity index (χ3v) is 4.40. The molecule has 0 fully saturated rings. The van der Waals surface area contributed by atoms with Crippen LogP contribution in [0.1, 0.15) is 46.0 Å². The molecule has 1 atom stereocenters. The molecule has 26 heavy (non-hydrogen) atoms. The number of hydrogen-bond donors (Lipinski definition) is 0. The van der Waals surface area contributed by atoms with Crippen molar-refractivity contribution in [3.63, 3.8) is 0 Å². The maximum atomic E-state index is 12.9. The first-order chi connectivity index (χ1) is 12.5. The summed E-state index contributed by atoms with van der Waals surface area (Å²) in [6.07, 6.45) is 0.445. The number of rotatable bonds is 5. The van der Waals surface area contributed by atoms with Gasteiger partial charge in [-0.1, -0.05) is 55.3 Å². The van der Waals surface area contributed by atoms with E-state index in [9.17, 15) is 14.4 Å². The van der Waals surface area contributed by atoms with Crippen molar-refractivity contribution in [3.8, 4) is 5.75 Å². The van der Waals surface area contributed by atoms with E-state index >= 15 is 0 Å². The topological polar surface area (TPSA) is 63.7 Å². The average Bonchev–Trinajstić information content (AvgIpc) is 2.74. The minimum Gasteiger partial charge on any atom is -0.480 e. The predicted molar refractivity (Wildman–Crippen MR) is 97.3 cm³/mol. The number of nitrogens with zero attached hydrogens (tertiary/aromatic N) is 1. The molecule has 0 radical (unpaired) electrons. The highest BCUT2D eigenvalue weighted by atomic mass is 16.5. The first-order valence-electron chi connectivity index (χ1n) is 8.72. The van der Waals surface area contributed by atoms with Crippen molar-refractivity contribution in [2.24, 2.45) is 0 Å². The lowest BCUT2D eigenvalue weighted by molar-refractivity contribution is -0.135. The highest BCUT2D eigenvalue weighted by molar-refractivity contribution is 6.12. The second-order valence-corrected chi connectivity index (χ2v) is 6.41. The Morgan fingerprint density at radius 1 is 1.08 bits per heavy atom. The molecular formula is C21H21NO4. The van der Waals surface area contributed by atoms with Crippen LogP contribution in [0.5, 0.6) is 5.75 Å². The van der Waals surface area contributed by atoms with Crippen LogP contribution in [-0.4, -0.2) is 35.1 Å². The number of para-hydroxylation sites is 1. The fraction of sp³-hybridized carbons (Fsp3) is 0.286. The van der Waals surface area contributed by atoms with Crippen LogP contribution in [0.4, 0.5) is 0 Å². The van der Waals surface area contributed by atoms with Crippen molar-refractivity contribution >= 4 is 17.6 Å². The quantitative estimate of drug-likeness (QED) is 0.612. The number of ether oxygens (including phenoxy) is 1. The summed E-state index contributed by atoms with van der Waals surface area (Å²) >= 11 is 0. The van der Waals surface area contributed by atoms with Crippen LogP contribution in [0.2, 0.25) is 0 Å². The minimum absolute atomic E-state index is 0.277. The minimum atomic E-state index is -0.765. The van der Waals surface area contributed by atoms with Crippen LogP contribution in [0.25, 0.3) is 0 Å². The van der Waals surface area contributed by atoms with Crippen molar-refractivity contribution < 1.29 is 19.1 Å². The van der Waals surface area contributed by atoms with Gasteiger partial charge in [0, 0.05) is 5.56 Å². The molecule has 2 aromatic rings. The number of imide groups is 1. The van der Waals surface area contributed by atoms with Crippen molar-refractivity contribution in [2.75, 3.05) is 6.54 Å². The van der Waals surface area contributed by atoms with Crippen LogP contribution in [-0.2, 0) is 4.79 Å². The standard InChI is InChI=1S/C21H21NO4/c1-3-6-19-21(25)22(13-17(23)15-11-9-14(2)10-12-15)20(24)16-7-4-5-8-18(16)26-19/h4-5,7-12,19H,3,6,13H2,1-2H3/t19-/m0/s1. The molecule has 2 aromatic carbocycles. The Kier molecular flexibility index (Phi) is 5.16. The molecule has 2 amide bonds. The highest BCUT2D eigenvalue weighted by Gasteiger charge is 2.36. The molecular weight excluding hydrogens is 330 g/mol. The van der Waals surface area contributed by atoms with Gasteiger partial charge in [0.05, 0.1) is 12.1 Å². The van der Waals surface area contributed by atoms with E-state index < -0.39 is 17.9 Å². The maximum absolute atomic E-state index is 12.9. The first kappa shape index (κ1) is 17.9. The first-order valence-corrected chi connectivity index (χ1v) is 8.72. The van der Waals surface area contributed by atoms with Crippen molar-refractivity contribution in [1.82, 2.24) is 4.90 Å². The largest absolute Gasteiger partial charge is 0.480 e. The zero-order chi connectivity index (χ0) is 18.7. The Hall–Kier alpha value is -2.95. The van der Waals surface area contributed by atoms with Gasteiger partial charge in [0.2, 0.25) is 0 Å². The molecule has 0 unspecified atom stereocenters. The fourth-order valence-corrected chi connectivity index (χ4v) is 2.94. The van der Waals surface area contributed by atoms with Gasteiger partial charge in [-0.3, -0.25) is 19.3 Å². The van der Waals surface area contributed by atoms with Gasteiger partial charge >= 0.3 is 0 Å². The van der Waals surface area contributed by atoms with Gasteiger partial charge < -0.3 is 4.74 Å². The lowest BCUT2D eigenvalue weighted by atomic mass is 10.1. The highest BCUT2D eigenvalue weighted by Crippen LogP contribution is 2.27. The lowest BCUT2D eigenvalue weighted by Crippen LogP contribution is -2.45. The molecule has 1 heterocycles. The SMILES string of the molecule is CCC[C@@H]1Oc2ccccc2C(=O)N(CC(=O)c2ccc(C)cc2)C1=O. The van der Waals surface area contributed by atoms with E-state index in [1.54, 1.807) is 36.4 Å². The number of aryl methyl sites for hydroxylation is 1. The normalized spacial score (nSPS) is 16.7. The molecule has 0 aromatic heterocycles. The number of carbonyl (C=O) groups excluding carboxylic acids is 3. The molecule has 0 aliphatic carbocycles. The van der Waals surface area contributed by atoms with Gasteiger partial charge in [-0.05, 0) is 25.5 Å². The van der Waals surface area contributed by atoms with Gasteiger partial charge in [-0.15, -0.1) is 0 Å². The number of fused-ring (bicyclic) bond motifs is 1. The molecule has 5 nitrogen and oxygen atoms in total. The van der Waals surface area contributed by atoms with E-state index in [2.05, 4.69) is 0 Å². The summed E-state index contributed by atoms with van der Waals surface area (Å²) in [5, 5.41) is 0. The molecule has 0 saturated heterocycles. The summed E-state index contributed by atoms with van der Waals surface area (Å²) in [7, 11) is 0. The molecule has 0 spiro atoms. The van der Waals surface area contributed by atoms with Crippen LogP contribution in [0.15, 0.2) is 48.5 Å². The Labute approximate surface area is 152 Å². The molecule has 1 aliphatic rings. The summed E-state index contributed by atoms with van der Waals surface area (Å²) in [5.74, 6) is -0.853. The van der Waals surface area contributed by atoms with Crippen LogP contribution in [0.3, 0.4) is 0 Å². The van der Waals surface area contributed by atoms with E-state index in [1.165, 1.54) is 0 Å². The van der Waals surface area contributed by atoms with Gasteiger partial charge in [-0.25, -0.2) is 0 Å². The summed E-state index contributed by atoms with van der Waals surface area (Å²) in [4.78, 5) is 39.4. The lowest BCUT2D eigenvalue weighted by Gasteiger charge is -2.21. The van der Waals surface area contributed by atoms with E-state index in [0.717, 1.165) is 16.9 Å². The van der Waals surface area contributed by atoms with Gasteiger partial charge in [0.1, 0.15) is 5.75 Å². The van der Waals surface area contributed by atoms with Gasteiger partial charge in [0.15, 0.2) is 11.9 Å². The van der Waals surface area contributed by atoms with Crippen LogP contribution in [0, 0.1) is 6.92 Å². The predicted octanol–water partition coefficient (Wildman–Crippen LogP) is 3.41. The second kappa shape index (κ2) is 7.52. The summed E-state index contributed by atoms with van der Waals surface area (Å²) in [6.45, 7) is 3.58. The van der Waals surface area contributed by atoms with Crippen molar-refractivity contribution in [1.29, 1.82) is 0 Å². The fourth-order valence-electron chi connectivity index (χ4n) is 2.94. The maximum Gasteiger partial charge on any atom is 0.270 e. The smallest absolute Gasteiger partial charge is 0.270 e. The summed E-state index contributed by atoms with van der Waals surface area (Å²) in [6, 6.07) is 13.8. The molecule has 3 rings (SSSR count). The molecule has 0 N–H and O–H groups in total. The van der Waals surface area contributed by atoms with Gasteiger partial charge in [0.25, 0.3) is 11.8 Å². The van der Waals surface area contributed by atoms with Gasteiger partial charge in [-0.2, -0.15) is 0 Å². The van der Waals surface area contributed by atoms with E-state index in [0.29, 0.717) is 23.3 Å². The Balaban J connectivity index is 1.92. The summed E-state index contributed by atoms with van der Waals surface area (Å²) < 4.78 is 5.79. The Morgan fingerprint density at radius 2 is 1.77 bits per heavy atom. The number of carbonyl (C=O) groups is 3. The third kappa shape index (κ3) is 3.52. The Morgan fingerprint density at radius 3 is 2.46 bits per heavy atom. The summed E-state index contributed by atoms with van der Waals surface area (Å²) in [5.41, 5.74) is 1.81. The number of hydrogen-bond acceptors (Lipinski definition) is 4. The average molecular weight is 351 g/mol. The third-order valence-electron chi connectivity index (χ3n) is 4.40. The number of amides is 2. The number of benzene rings is 2. The van der Waals surface area contributed by atoms with Crippen LogP contribution < -0.4 is 4.74 Å². The zero-order valence-corrected chi connectivity index (χ0v) is 14.9. The molecule has 0 saturated carbocycles. The molecule has 134 valence electrons. The van der Waals surface area contributed by atoms with Crippen molar-refractivity contribution in [2.45, 2.75) is 32.8 Å². The van der Waals surface area contributed by atoms with E-state index in [4.69, 9.17) is 4.74 Å². The number of Topliss-reactive ketones (excluding diaryl/α,β-unsaturated/α-hetero) is 1. The molecule has 1 aliphatic heterocycles. The number of ketones is 1. The molecule has 0 bridgehead atoms. The van der Waals surface area contributed by atoms with E-state index in [1.807, 2.05) is 26.0 Å².